The van der Waals surface area contributed by atoms with Crippen molar-refractivity contribution in [3.05, 3.63) is 54.1 Å². The molecule has 0 saturated carbocycles. The number of anilines is 2. The number of piperidine rings is 1. The lowest BCUT2D eigenvalue weighted by Gasteiger charge is -2.37. The number of aromatic nitrogens is 1. The largest absolute Gasteiger partial charge is 0.368 e. The van der Waals surface area contributed by atoms with Gasteiger partial charge in [0.05, 0.1) is 11.9 Å². The van der Waals surface area contributed by atoms with Gasteiger partial charge in [0, 0.05) is 45.0 Å². The number of pyridine rings is 1. The van der Waals surface area contributed by atoms with Crippen LogP contribution in [0.3, 0.4) is 0 Å². The van der Waals surface area contributed by atoms with Crippen LogP contribution in [0.5, 0.6) is 0 Å². The fraction of sp³-hybridized carbons (Fsp3) is 0.455. The minimum atomic E-state index is -0.206. The van der Waals surface area contributed by atoms with Gasteiger partial charge in [-0.3, -0.25) is 4.79 Å². The molecule has 1 amide bonds. The Bertz CT molecular complexity index is 800. The topological polar surface area (TPSA) is 39.7 Å². The molecule has 2 saturated heterocycles. The monoisotopic (exact) mass is 382 g/mol. The van der Waals surface area contributed by atoms with Gasteiger partial charge in [0.25, 0.3) is 5.91 Å². The summed E-state index contributed by atoms with van der Waals surface area (Å²) >= 11 is 0. The predicted octanol–water partition coefficient (Wildman–Crippen LogP) is 3.42. The Balaban J connectivity index is 1.35. The Morgan fingerprint density at radius 1 is 0.964 bits per heavy atom. The molecule has 6 heteroatoms. The van der Waals surface area contributed by atoms with E-state index in [4.69, 9.17) is 0 Å². The van der Waals surface area contributed by atoms with Crippen molar-refractivity contribution in [1.82, 2.24) is 9.88 Å². The molecule has 28 heavy (non-hydrogen) atoms. The SMILES string of the molecule is CC1CCCN(C(=O)c2ccc(N3CCN(c4ccc(F)cc4)CC3)cn2)C1. The number of rotatable bonds is 3. The van der Waals surface area contributed by atoms with Crippen LogP contribution in [0.2, 0.25) is 0 Å². The molecule has 1 unspecified atom stereocenters. The van der Waals surface area contributed by atoms with Crippen LogP contribution in [-0.4, -0.2) is 55.1 Å². The second-order valence-electron chi connectivity index (χ2n) is 7.85. The van der Waals surface area contributed by atoms with Crippen LogP contribution < -0.4 is 9.80 Å². The summed E-state index contributed by atoms with van der Waals surface area (Å²) in [5.74, 6) is 0.399. The van der Waals surface area contributed by atoms with Crippen molar-refractivity contribution < 1.29 is 9.18 Å². The molecule has 1 aromatic heterocycles. The van der Waals surface area contributed by atoms with Gasteiger partial charge in [0.1, 0.15) is 11.5 Å². The molecule has 0 radical (unpaired) electrons. The van der Waals surface area contributed by atoms with Crippen molar-refractivity contribution >= 4 is 17.3 Å². The van der Waals surface area contributed by atoms with E-state index in [1.807, 2.05) is 35.4 Å². The van der Waals surface area contributed by atoms with Gasteiger partial charge in [0.15, 0.2) is 0 Å². The molecule has 2 aliphatic heterocycles. The Morgan fingerprint density at radius 3 is 2.21 bits per heavy atom. The zero-order valence-electron chi connectivity index (χ0n) is 16.4. The number of carbonyl (C=O) groups is 1. The molecule has 0 N–H and O–H groups in total. The molecule has 5 nitrogen and oxygen atoms in total. The molecule has 1 atom stereocenters. The maximum atomic E-state index is 13.1. The van der Waals surface area contributed by atoms with E-state index < -0.39 is 0 Å². The highest BCUT2D eigenvalue weighted by Gasteiger charge is 2.23. The quantitative estimate of drug-likeness (QED) is 0.816. The molecule has 2 fully saturated rings. The zero-order chi connectivity index (χ0) is 19.5. The molecular formula is C22H27FN4O. The van der Waals surface area contributed by atoms with Crippen molar-refractivity contribution in [1.29, 1.82) is 0 Å². The summed E-state index contributed by atoms with van der Waals surface area (Å²) < 4.78 is 13.1. The second kappa shape index (κ2) is 8.17. The first-order valence-corrected chi connectivity index (χ1v) is 10.1. The molecule has 0 aliphatic carbocycles. The number of halogens is 1. The molecule has 0 bridgehead atoms. The van der Waals surface area contributed by atoms with Crippen LogP contribution in [0.25, 0.3) is 0 Å². The van der Waals surface area contributed by atoms with Gasteiger partial charge in [-0.05, 0) is 55.2 Å². The zero-order valence-corrected chi connectivity index (χ0v) is 16.4. The summed E-state index contributed by atoms with van der Waals surface area (Å²) in [6.45, 7) is 7.34. The average molecular weight is 382 g/mol. The van der Waals surface area contributed by atoms with Crippen LogP contribution in [-0.2, 0) is 0 Å². The lowest BCUT2D eigenvalue weighted by molar-refractivity contribution is 0.0677. The third kappa shape index (κ3) is 4.11. The summed E-state index contributed by atoms with van der Waals surface area (Å²) in [4.78, 5) is 23.6. The van der Waals surface area contributed by atoms with E-state index in [1.54, 1.807) is 0 Å². The lowest BCUT2D eigenvalue weighted by atomic mass is 10.00. The van der Waals surface area contributed by atoms with Crippen LogP contribution in [0.15, 0.2) is 42.6 Å². The van der Waals surface area contributed by atoms with Gasteiger partial charge in [0.2, 0.25) is 0 Å². The van der Waals surface area contributed by atoms with E-state index in [9.17, 15) is 9.18 Å². The van der Waals surface area contributed by atoms with E-state index in [2.05, 4.69) is 21.7 Å². The lowest BCUT2D eigenvalue weighted by Crippen LogP contribution is -2.46. The highest BCUT2D eigenvalue weighted by molar-refractivity contribution is 5.92. The Morgan fingerprint density at radius 2 is 1.61 bits per heavy atom. The highest BCUT2D eigenvalue weighted by atomic mass is 19.1. The Labute approximate surface area is 165 Å². The standard InChI is InChI=1S/C22H27FN4O/c1-17-3-2-10-27(16-17)22(28)21-9-8-20(15-24-21)26-13-11-25(12-14-26)19-6-4-18(23)5-7-19/h4-9,15,17H,2-3,10-14,16H2,1H3. The average Bonchev–Trinajstić information content (AvgIpc) is 2.74. The molecule has 2 aromatic rings. The van der Waals surface area contributed by atoms with Crippen molar-refractivity contribution in [3.63, 3.8) is 0 Å². The molecule has 3 heterocycles. The number of nitrogens with zero attached hydrogens (tertiary/aromatic N) is 4. The molecule has 148 valence electrons. The number of carbonyl (C=O) groups excluding carboxylic acids is 1. The van der Waals surface area contributed by atoms with Crippen LogP contribution in [0.1, 0.15) is 30.3 Å². The Hall–Kier alpha value is -2.63. The summed E-state index contributed by atoms with van der Waals surface area (Å²) in [7, 11) is 0. The van der Waals surface area contributed by atoms with Crippen molar-refractivity contribution in [3.8, 4) is 0 Å². The number of benzene rings is 1. The number of likely N-dealkylation sites (tertiary alicyclic amines) is 1. The normalized spacial score (nSPS) is 20.4. The predicted molar refractivity (Wildman–Crippen MR) is 109 cm³/mol. The van der Waals surface area contributed by atoms with E-state index >= 15 is 0 Å². The van der Waals surface area contributed by atoms with Crippen molar-refractivity contribution in [2.24, 2.45) is 5.92 Å². The fourth-order valence-corrected chi connectivity index (χ4v) is 4.11. The van der Waals surface area contributed by atoms with E-state index in [-0.39, 0.29) is 11.7 Å². The molecule has 0 spiro atoms. The minimum Gasteiger partial charge on any atom is -0.368 e. The Kier molecular flexibility index (Phi) is 5.46. The first kappa shape index (κ1) is 18.7. The minimum absolute atomic E-state index is 0.0410. The van der Waals surface area contributed by atoms with Gasteiger partial charge in [-0.15, -0.1) is 0 Å². The van der Waals surface area contributed by atoms with Crippen LogP contribution in [0.4, 0.5) is 15.8 Å². The number of piperazine rings is 1. The van der Waals surface area contributed by atoms with Crippen LogP contribution >= 0.6 is 0 Å². The third-order valence-corrected chi connectivity index (χ3v) is 5.75. The maximum absolute atomic E-state index is 13.1. The number of amides is 1. The van der Waals surface area contributed by atoms with E-state index in [0.29, 0.717) is 11.6 Å². The summed E-state index contributed by atoms with van der Waals surface area (Å²) in [6.07, 6.45) is 4.08. The van der Waals surface area contributed by atoms with E-state index in [1.165, 1.54) is 18.6 Å². The molecule has 4 rings (SSSR count). The maximum Gasteiger partial charge on any atom is 0.272 e. The first-order chi connectivity index (χ1) is 13.6. The van der Waals surface area contributed by atoms with E-state index in [0.717, 1.165) is 57.1 Å². The van der Waals surface area contributed by atoms with Gasteiger partial charge in [-0.2, -0.15) is 0 Å². The summed E-state index contributed by atoms with van der Waals surface area (Å²) in [5.41, 5.74) is 2.63. The number of hydrogen-bond acceptors (Lipinski definition) is 4. The van der Waals surface area contributed by atoms with Gasteiger partial charge in [-0.1, -0.05) is 6.92 Å². The molecule has 2 aliphatic rings. The van der Waals surface area contributed by atoms with Gasteiger partial charge >= 0.3 is 0 Å². The van der Waals surface area contributed by atoms with Gasteiger partial charge in [-0.25, -0.2) is 9.37 Å². The molecular weight excluding hydrogens is 355 g/mol. The summed E-state index contributed by atoms with van der Waals surface area (Å²) in [6, 6.07) is 10.5. The smallest absolute Gasteiger partial charge is 0.272 e. The first-order valence-electron chi connectivity index (χ1n) is 10.1. The number of hydrogen-bond donors (Lipinski definition) is 0. The highest BCUT2D eigenvalue weighted by Crippen LogP contribution is 2.22. The molecule has 1 aromatic carbocycles. The summed E-state index contributed by atoms with van der Waals surface area (Å²) in [5, 5.41) is 0. The van der Waals surface area contributed by atoms with Crippen molar-refractivity contribution in [2.75, 3.05) is 49.1 Å². The second-order valence-corrected chi connectivity index (χ2v) is 7.85. The fourth-order valence-electron chi connectivity index (χ4n) is 4.11. The van der Waals surface area contributed by atoms with Crippen molar-refractivity contribution in [2.45, 2.75) is 19.8 Å². The van der Waals surface area contributed by atoms with Crippen LogP contribution in [0, 0.1) is 11.7 Å². The van der Waals surface area contributed by atoms with Gasteiger partial charge < -0.3 is 14.7 Å². The third-order valence-electron chi connectivity index (χ3n) is 5.75.